The van der Waals surface area contributed by atoms with Gasteiger partial charge in [-0.3, -0.25) is 9.80 Å². The van der Waals surface area contributed by atoms with Gasteiger partial charge in [-0.2, -0.15) is 0 Å². The van der Waals surface area contributed by atoms with E-state index in [2.05, 4.69) is 60.0 Å². The second kappa shape index (κ2) is 13.0. The first kappa shape index (κ1) is 27.0. The Bertz CT molecular complexity index is 1060. The summed E-state index contributed by atoms with van der Waals surface area (Å²) in [5.41, 5.74) is 2.44. The molecule has 0 unspecified atom stereocenters. The Balaban J connectivity index is 1.14. The van der Waals surface area contributed by atoms with Crippen LogP contribution in [-0.2, 0) is 5.41 Å². The minimum atomic E-state index is -0.523. The van der Waals surface area contributed by atoms with E-state index in [9.17, 15) is 5.11 Å². The maximum Gasteiger partial charge on any atom is 0.119 e. The number of ether oxygens (including phenoxy) is 3. The molecule has 6 heteroatoms. The Hall–Kier alpha value is -3.06. The van der Waals surface area contributed by atoms with Gasteiger partial charge in [0.25, 0.3) is 0 Å². The fraction of sp³-hybridized carbons (Fsp3) is 0.419. The van der Waals surface area contributed by atoms with Crippen molar-refractivity contribution in [1.29, 1.82) is 0 Å². The molecule has 1 heterocycles. The summed E-state index contributed by atoms with van der Waals surface area (Å²) in [6, 6.07) is 26.4. The zero-order chi connectivity index (χ0) is 26.1. The third kappa shape index (κ3) is 7.71. The molecule has 6 nitrogen and oxygen atoms in total. The topological polar surface area (TPSA) is 54.4 Å². The lowest BCUT2D eigenvalue weighted by atomic mass is 9.78. The molecule has 0 spiro atoms. The molecule has 1 atom stereocenters. The predicted octanol–water partition coefficient (Wildman–Crippen LogP) is 4.46. The number of rotatable bonds is 12. The standard InChI is InChI=1S/C31H40N2O4/c1-31(2,25-7-5-4-6-8-25)26-9-11-30(12-10-26)37-24-27(34)23-33-19-17-32(18-20-33)21-22-36-29-15-13-28(35-3)14-16-29/h4-16,27,34H,17-24H2,1-3H3/t27-/m0/s1. The minimum absolute atomic E-state index is 0.0801. The third-order valence-electron chi connectivity index (χ3n) is 7.18. The van der Waals surface area contributed by atoms with Crippen molar-refractivity contribution in [2.24, 2.45) is 0 Å². The summed E-state index contributed by atoms with van der Waals surface area (Å²) in [4.78, 5) is 4.71. The molecule has 3 aromatic carbocycles. The number of piperazine rings is 1. The first-order valence-electron chi connectivity index (χ1n) is 13.1. The van der Waals surface area contributed by atoms with Crippen molar-refractivity contribution in [2.45, 2.75) is 25.4 Å². The summed E-state index contributed by atoms with van der Waals surface area (Å²) in [7, 11) is 1.66. The number of hydrogen-bond acceptors (Lipinski definition) is 6. The van der Waals surface area contributed by atoms with Crippen LogP contribution in [0.15, 0.2) is 78.9 Å². The molecular weight excluding hydrogens is 464 g/mol. The summed E-state index contributed by atoms with van der Waals surface area (Å²) < 4.78 is 16.9. The number of β-amino-alcohol motifs (C(OH)–C–C–N with tert-alkyl or cyclic N) is 1. The monoisotopic (exact) mass is 504 g/mol. The van der Waals surface area contributed by atoms with Crippen LogP contribution < -0.4 is 14.2 Å². The van der Waals surface area contributed by atoms with E-state index in [1.807, 2.05) is 42.5 Å². The van der Waals surface area contributed by atoms with Gasteiger partial charge in [-0.1, -0.05) is 56.3 Å². The Labute approximate surface area is 221 Å². The molecule has 0 saturated carbocycles. The van der Waals surface area contributed by atoms with E-state index in [0.717, 1.165) is 50.0 Å². The molecular formula is C31H40N2O4. The van der Waals surface area contributed by atoms with Crippen molar-refractivity contribution < 1.29 is 19.3 Å². The normalized spacial score (nSPS) is 15.8. The van der Waals surface area contributed by atoms with Gasteiger partial charge in [0.1, 0.15) is 36.6 Å². The Morgan fingerprint density at radius 3 is 1.92 bits per heavy atom. The number of benzene rings is 3. The lowest BCUT2D eigenvalue weighted by Gasteiger charge is -2.35. The number of nitrogens with zero attached hydrogens (tertiary/aromatic N) is 2. The maximum atomic E-state index is 10.6. The van der Waals surface area contributed by atoms with Gasteiger partial charge in [0.2, 0.25) is 0 Å². The van der Waals surface area contributed by atoms with Crippen LogP contribution in [0.25, 0.3) is 0 Å². The highest BCUT2D eigenvalue weighted by atomic mass is 16.5. The van der Waals surface area contributed by atoms with Crippen molar-refractivity contribution in [3.63, 3.8) is 0 Å². The molecule has 198 valence electrons. The van der Waals surface area contributed by atoms with Crippen LogP contribution in [0.3, 0.4) is 0 Å². The Morgan fingerprint density at radius 2 is 1.27 bits per heavy atom. The Morgan fingerprint density at radius 1 is 0.730 bits per heavy atom. The first-order valence-corrected chi connectivity index (χ1v) is 13.1. The van der Waals surface area contributed by atoms with Crippen LogP contribution in [0.5, 0.6) is 17.2 Å². The second-order valence-corrected chi connectivity index (χ2v) is 10.1. The fourth-order valence-electron chi connectivity index (χ4n) is 4.69. The van der Waals surface area contributed by atoms with E-state index >= 15 is 0 Å². The maximum absolute atomic E-state index is 10.6. The zero-order valence-corrected chi connectivity index (χ0v) is 22.3. The molecule has 37 heavy (non-hydrogen) atoms. The summed E-state index contributed by atoms with van der Waals surface area (Å²) >= 11 is 0. The van der Waals surface area contributed by atoms with E-state index in [0.29, 0.717) is 13.2 Å². The van der Waals surface area contributed by atoms with Crippen LogP contribution in [0.4, 0.5) is 0 Å². The lowest BCUT2D eigenvalue weighted by Crippen LogP contribution is -2.50. The van der Waals surface area contributed by atoms with E-state index in [1.54, 1.807) is 7.11 Å². The van der Waals surface area contributed by atoms with Crippen LogP contribution in [0.2, 0.25) is 0 Å². The van der Waals surface area contributed by atoms with E-state index in [-0.39, 0.29) is 12.0 Å². The second-order valence-electron chi connectivity index (χ2n) is 10.1. The number of hydrogen-bond donors (Lipinski definition) is 1. The van der Waals surface area contributed by atoms with Crippen molar-refractivity contribution in [3.8, 4) is 17.2 Å². The molecule has 1 fully saturated rings. The summed E-state index contributed by atoms with van der Waals surface area (Å²) in [5.74, 6) is 2.47. The fourth-order valence-corrected chi connectivity index (χ4v) is 4.69. The average molecular weight is 505 g/mol. The van der Waals surface area contributed by atoms with E-state index in [1.165, 1.54) is 11.1 Å². The van der Waals surface area contributed by atoms with Gasteiger partial charge in [-0.25, -0.2) is 0 Å². The molecule has 0 radical (unpaired) electrons. The molecule has 1 aliphatic heterocycles. The molecule has 3 aromatic rings. The summed E-state index contributed by atoms with van der Waals surface area (Å²) in [6.45, 7) is 10.7. The van der Waals surface area contributed by atoms with Crippen LogP contribution >= 0.6 is 0 Å². The molecule has 0 aromatic heterocycles. The number of methoxy groups -OCH3 is 1. The van der Waals surface area contributed by atoms with Gasteiger partial charge in [-0.15, -0.1) is 0 Å². The van der Waals surface area contributed by atoms with Gasteiger partial charge in [0, 0.05) is 44.7 Å². The molecule has 4 rings (SSSR count). The van der Waals surface area contributed by atoms with Crippen molar-refractivity contribution in [1.82, 2.24) is 9.80 Å². The zero-order valence-electron chi connectivity index (χ0n) is 22.3. The quantitative estimate of drug-likeness (QED) is 0.393. The number of aliphatic hydroxyl groups excluding tert-OH is 1. The van der Waals surface area contributed by atoms with E-state index in [4.69, 9.17) is 14.2 Å². The predicted molar refractivity (Wildman–Crippen MR) is 148 cm³/mol. The molecule has 0 aliphatic carbocycles. The first-order chi connectivity index (χ1) is 17.9. The van der Waals surface area contributed by atoms with Gasteiger partial charge in [-0.05, 0) is 47.5 Å². The SMILES string of the molecule is COc1ccc(OCCN2CCN(C[C@H](O)COc3ccc(C(C)(C)c4ccccc4)cc3)CC2)cc1. The van der Waals surface area contributed by atoms with Gasteiger partial charge >= 0.3 is 0 Å². The number of aliphatic hydroxyl groups is 1. The molecule has 1 saturated heterocycles. The average Bonchev–Trinajstić information content (AvgIpc) is 2.94. The van der Waals surface area contributed by atoms with Crippen molar-refractivity contribution in [2.75, 3.05) is 59.6 Å². The molecule has 0 amide bonds. The molecule has 1 N–H and O–H groups in total. The van der Waals surface area contributed by atoms with Crippen LogP contribution in [-0.4, -0.2) is 80.6 Å². The highest BCUT2D eigenvalue weighted by Crippen LogP contribution is 2.32. The summed E-state index contributed by atoms with van der Waals surface area (Å²) in [5, 5.41) is 10.6. The van der Waals surface area contributed by atoms with E-state index < -0.39 is 6.10 Å². The molecule has 0 bridgehead atoms. The highest BCUT2D eigenvalue weighted by molar-refractivity contribution is 5.40. The summed E-state index contributed by atoms with van der Waals surface area (Å²) in [6.07, 6.45) is -0.523. The van der Waals surface area contributed by atoms with Gasteiger partial charge in [0.05, 0.1) is 7.11 Å². The Kier molecular flexibility index (Phi) is 9.45. The largest absolute Gasteiger partial charge is 0.497 e. The van der Waals surface area contributed by atoms with Crippen molar-refractivity contribution >= 4 is 0 Å². The molecule has 1 aliphatic rings. The van der Waals surface area contributed by atoms with Gasteiger partial charge < -0.3 is 19.3 Å². The highest BCUT2D eigenvalue weighted by Gasteiger charge is 2.23. The van der Waals surface area contributed by atoms with Crippen LogP contribution in [0.1, 0.15) is 25.0 Å². The lowest BCUT2D eigenvalue weighted by molar-refractivity contribution is 0.0436. The third-order valence-corrected chi connectivity index (χ3v) is 7.18. The van der Waals surface area contributed by atoms with Crippen LogP contribution in [0, 0.1) is 0 Å². The van der Waals surface area contributed by atoms with Gasteiger partial charge in [0.15, 0.2) is 0 Å². The van der Waals surface area contributed by atoms with Crippen molar-refractivity contribution in [3.05, 3.63) is 90.0 Å². The minimum Gasteiger partial charge on any atom is -0.497 e. The smallest absolute Gasteiger partial charge is 0.119 e.